The standard InChI is InChI=1S/C23H23N5O2S/c1-15-20(16(2)28-22(25-15)26-23(27-28)31-3)13-21(29)24-14-17-9-11-19(12-10-17)30-18-7-5-4-6-8-18/h4-12H,13-14H2,1-3H3,(H,24,29). The molecule has 0 saturated heterocycles. The molecule has 0 aliphatic rings. The summed E-state index contributed by atoms with van der Waals surface area (Å²) in [5.41, 5.74) is 3.54. The predicted octanol–water partition coefficient (Wildman–Crippen LogP) is 4.11. The zero-order valence-corrected chi connectivity index (χ0v) is 18.4. The van der Waals surface area contributed by atoms with Crippen LogP contribution in [0, 0.1) is 13.8 Å². The fourth-order valence-corrected chi connectivity index (χ4v) is 3.59. The molecule has 2 aromatic heterocycles. The van der Waals surface area contributed by atoms with Crippen LogP contribution in [0.15, 0.2) is 59.8 Å². The van der Waals surface area contributed by atoms with Crippen LogP contribution in [-0.2, 0) is 17.8 Å². The second-order valence-electron chi connectivity index (χ2n) is 7.08. The Balaban J connectivity index is 1.38. The molecule has 1 N–H and O–H groups in total. The molecule has 0 spiro atoms. The minimum absolute atomic E-state index is 0.0674. The summed E-state index contributed by atoms with van der Waals surface area (Å²) in [6, 6.07) is 17.3. The van der Waals surface area contributed by atoms with Gasteiger partial charge in [-0.1, -0.05) is 42.1 Å². The number of carbonyl (C=O) groups is 1. The fourth-order valence-electron chi connectivity index (χ4n) is 3.26. The number of nitrogens with one attached hydrogen (secondary N) is 1. The van der Waals surface area contributed by atoms with Crippen molar-refractivity contribution >= 4 is 23.4 Å². The second-order valence-corrected chi connectivity index (χ2v) is 7.86. The molecule has 7 nitrogen and oxygen atoms in total. The van der Waals surface area contributed by atoms with Gasteiger partial charge in [-0.2, -0.15) is 4.98 Å². The zero-order chi connectivity index (χ0) is 21.8. The summed E-state index contributed by atoms with van der Waals surface area (Å²) in [5.74, 6) is 2.03. The summed E-state index contributed by atoms with van der Waals surface area (Å²) in [7, 11) is 0. The highest BCUT2D eigenvalue weighted by Crippen LogP contribution is 2.21. The molecular formula is C23H23N5O2S. The van der Waals surface area contributed by atoms with Gasteiger partial charge in [-0.25, -0.2) is 9.50 Å². The van der Waals surface area contributed by atoms with Crippen LogP contribution in [0.4, 0.5) is 0 Å². The lowest BCUT2D eigenvalue weighted by Gasteiger charge is -2.11. The fraction of sp³-hybridized carbons (Fsp3) is 0.217. The molecule has 4 aromatic rings. The molecule has 2 heterocycles. The van der Waals surface area contributed by atoms with Gasteiger partial charge in [0.25, 0.3) is 5.78 Å². The maximum atomic E-state index is 12.6. The number of thioether (sulfide) groups is 1. The predicted molar refractivity (Wildman–Crippen MR) is 121 cm³/mol. The van der Waals surface area contributed by atoms with Gasteiger partial charge in [0.15, 0.2) is 0 Å². The third-order valence-electron chi connectivity index (χ3n) is 4.94. The molecule has 1 amide bonds. The largest absolute Gasteiger partial charge is 0.457 e. The number of nitrogens with zero attached hydrogens (tertiary/aromatic N) is 4. The van der Waals surface area contributed by atoms with Gasteiger partial charge in [-0.3, -0.25) is 4.79 Å². The highest BCUT2D eigenvalue weighted by Gasteiger charge is 2.16. The van der Waals surface area contributed by atoms with E-state index in [1.54, 1.807) is 4.52 Å². The Morgan fingerprint density at radius 3 is 2.45 bits per heavy atom. The molecule has 31 heavy (non-hydrogen) atoms. The Labute approximate surface area is 184 Å². The van der Waals surface area contributed by atoms with Gasteiger partial charge in [-0.15, -0.1) is 5.10 Å². The van der Waals surface area contributed by atoms with E-state index in [0.29, 0.717) is 17.5 Å². The van der Waals surface area contributed by atoms with Crippen molar-refractivity contribution in [3.8, 4) is 11.5 Å². The number of hydrogen-bond donors (Lipinski definition) is 1. The Bertz CT molecular complexity index is 1210. The van der Waals surface area contributed by atoms with E-state index in [2.05, 4.69) is 20.4 Å². The molecule has 0 aliphatic heterocycles. The van der Waals surface area contributed by atoms with Crippen LogP contribution in [0.1, 0.15) is 22.5 Å². The van der Waals surface area contributed by atoms with Crippen molar-refractivity contribution in [2.45, 2.75) is 32.0 Å². The SMILES string of the molecule is CSc1nc2nc(C)c(CC(=O)NCc3ccc(Oc4ccccc4)cc3)c(C)n2n1. The molecule has 8 heteroatoms. The van der Waals surface area contributed by atoms with E-state index in [9.17, 15) is 4.79 Å². The topological polar surface area (TPSA) is 81.4 Å². The number of ether oxygens (including phenoxy) is 1. The van der Waals surface area contributed by atoms with Crippen LogP contribution in [0.3, 0.4) is 0 Å². The van der Waals surface area contributed by atoms with E-state index >= 15 is 0 Å². The number of rotatable bonds is 7. The Morgan fingerprint density at radius 2 is 1.74 bits per heavy atom. The minimum Gasteiger partial charge on any atom is -0.457 e. The number of para-hydroxylation sites is 1. The summed E-state index contributed by atoms with van der Waals surface area (Å²) in [4.78, 5) is 21.5. The van der Waals surface area contributed by atoms with Crippen LogP contribution in [0.2, 0.25) is 0 Å². The summed E-state index contributed by atoms with van der Waals surface area (Å²) < 4.78 is 7.50. The van der Waals surface area contributed by atoms with Crippen molar-refractivity contribution in [3.63, 3.8) is 0 Å². The van der Waals surface area contributed by atoms with Gasteiger partial charge < -0.3 is 10.1 Å². The third-order valence-corrected chi connectivity index (χ3v) is 5.48. The van der Waals surface area contributed by atoms with Crippen molar-refractivity contribution in [2.75, 3.05) is 6.26 Å². The summed E-state index contributed by atoms with van der Waals surface area (Å²) in [5, 5.41) is 8.08. The average Bonchev–Trinajstić information content (AvgIpc) is 3.20. The van der Waals surface area contributed by atoms with Crippen LogP contribution in [0.25, 0.3) is 5.78 Å². The molecule has 0 bridgehead atoms. The molecule has 0 aliphatic carbocycles. The van der Waals surface area contributed by atoms with E-state index in [0.717, 1.165) is 34.0 Å². The van der Waals surface area contributed by atoms with Crippen molar-refractivity contribution in [1.82, 2.24) is 24.9 Å². The van der Waals surface area contributed by atoms with E-state index in [-0.39, 0.29) is 12.3 Å². The first-order chi connectivity index (χ1) is 15.0. The summed E-state index contributed by atoms with van der Waals surface area (Å²) in [6.45, 7) is 4.28. The lowest BCUT2D eigenvalue weighted by atomic mass is 10.1. The van der Waals surface area contributed by atoms with Gasteiger partial charge in [0.1, 0.15) is 11.5 Å². The molecule has 158 valence electrons. The molecule has 0 radical (unpaired) electrons. The molecule has 0 unspecified atom stereocenters. The minimum atomic E-state index is -0.0674. The Kier molecular flexibility index (Phi) is 6.18. The van der Waals surface area contributed by atoms with Crippen molar-refractivity contribution < 1.29 is 9.53 Å². The molecule has 4 rings (SSSR count). The first-order valence-corrected chi connectivity index (χ1v) is 11.1. The van der Waals surface area contributed by atoms with E-state index in [1.165, 1.54) is 11.8 Å². The number of hydrogen-bond acceptors (Lipinski definition) is 6. The van der Waals surface area contributed by atoms with Crippen LogP contribution < -0.4 is 10.1 Å². The van der Waals surface area contributed by atoms with Gasteiger partial charge in [0, 0.05) is 23.5 Å². The summed E-state index contributed by atoms with van der Waals surface area (Å²) in [6.07, 6.45) is 2.16. The highest BCUT2D eigenvalue weighted by molar-refractivity contribution is 7.98. The normalized spacial score (nSPS) is 10.9. The average molecular weight is 434 g/mol. The van der Waals surface area contributed by atoms with Gasteiger partial charge in [0.2, 0.25) is 11.1 Å². The highest BCUT2D eigenvalue weighted by atomic mass is 32.2. The molecular weight excluding hydrogens is 410 g/mol. The van der Waals surface area contributed by atoms with Crippen LogP contribution in [-0.4, -0.2) is 31.7 Å². The van der Waals surface area contributed by atoms with Gasteiger partial charge in [0.05, 0.1) is 6.42 Å². The van der Waals surface area contributed by atoms with Crippen molar-refractivity contribution in [1.29, 1.82) is 0 Å². The number of aromatic nitrogens is 4. The maximum Gasteiger partial charge on any atom is 0.253 e. The number of fused-ring (bicyclic) bond motifs is 1. The lowest BCUT2D eigenvalue weighted by Crippen LogP contribution is -2.25. The molecule has 0 saturated carbocycles. The molecule has 0 atom stereocenters. The van der Waals surface area contributed by atoms with Gasteiger partial charge >= 0.3 is 0 Å². The summed E-state index contributed by atoms with van der Waals surface area (Å²) >= 11 is 1.46. The van der Waals surface area contributed by atoms with Crippen LogP contribution >= 0.6 is 11.8 Å². The van der Waals surface area contributed by atoms with Crippen molar-refractivity contribution in [3.05, 3.63) is 77.1 Å². The number of benzene rings is 2. The first kappa shape index (κ1) is 20.9. The molecule has 2 aromatic carbocycles. The van der Waals surface area contributed by atoms with E-state index in [1.807, 2.05) is 74.7 Å². The maximum absolute atomic E-state index is 12.6. The zero-order valence-electron chi connectivity index (χ0n) is 17.6. The van der Waals surface area contributed by atoms with E-state index < -0.39 is 0 Å². The lowest BCUT2D eigenvalue weighted by molar-refractivity contribution is -0.120. The number of carbonyl (C=O) groups excluding carboxylic acids is 1. The second kappa shape index (κ2) is 9.18. The van der Waals surface area contributed by atoms with Gasteiger partial charge in [-0.05, 0) is 49.9 Å². The van der Waals surface area contributed by atoms with E-state index in [4.69, 9.17) is 4.74 Å². The Hall–Kier alpha value is -3.39. The smallest absolute Gasteiger partial charge is 0.253 e. The number of aryl methyl sites for hydroxylation is 2. The third kappa shape index (κ3) is 4.86. The number of amides is 1. The van der Waals surface area contributed by atoms with Crippen molar-refractivity contribution in [2.24, 2.45) is 0 Å². The monoisotopic (exact) mass is 433 g/mol. The van der Waals surface area contributed by atoms with Crippen LogP contribution in [0.5, 0.6) is 11.5 Å². The quantitative estimate of drug-likeness (QED) is 0.442. The first-order valence-electron chi connectivity index (χ1n) is 9.89. The Morgan fingerprint density at radius 1 is 1.03 bits per heavy atom. The molecule has 0 fully saturated rings.